The highest BCUT2D eigenvalue weighted by Crippen LogP contribution is 2.09. The van der Waals surface area contributed by atoms with Gasteiger partial charge < -0.3 is 15.0 Å². The van der Waals surface area contributed by atoms with E-state index in [9.17, 15) is 4.79 Å². The van der Waals surface area contributed by atoms with Gasteiger partial charge in [0.25, 0.3) is 0 Å². The van der Waals surface area contributed by atoms with Crippen molar-refractivity contribution in [3.8, 4) is 0 Å². The Bertz CT molecular complexity index is 269. The molecule has 0 aromatic carbocycles. The van der Waals surface area contributed by atoms with Gasteiger partial charge in [0.05, 0.1) is 13.2 Å². The highest BCUT2D eigenvalue weighted by Gasteiger charge is 2.25. The summed E-state index contributed by atoms with van der Waals surface area (Å²) in [5.41, 5.74) is 0. The largest absolute Gasteiger partial charge is 0.378 e. The normalized spacial score (nSPS) is 26.6. The Balaban J connectivity index is 1.73. The Hall–Kier alpha value is -0.650. The second-order valence-corrected chi connectivity index (χ2v) is 5.44. The molecule has 0 saturated carbocycles. The second kappa shape index (κ2) is 6.50. The van der Waals surface area contributed by atoms with E-state index in [1.807, 2.05) is 4.90 Å². The number of ether oxygens (including phenoxy) is 1. The van der Waals surface area contributed by atoms with E-state index in [1.54, 1.807) is 0 Å². The second-order valence-electron chi connectivity index (χ2n) is 5.44. The van der Waals surface area contributed by atoms with Crippen LogP contribution in [0.2, 0.25) is 0 Å². The first-order valence-electron chi connectivity index (χ1n) is 7.00. The summed E-state index contributed by atoms with van der Waals surface area (Å²) in [5, 5.41) is 3.33. The van der Waals surface area contributed by atoms with Crippen LogP contribution in [0.5, 0.6) is 0 Å². The van der Waals surface area contributed by atoms with Gasteiger partial charge in [-0.2, -0.15) is 0 Å². The van der Waals surface area contributed by atoms with Crippen LogP contribution in [0.15, 0.2) is 0 Å². The molecule has 0 aromatic heterocycles. The zero-order chi connectivity index (χ0) is 13.0. The first-order valence-corrected chi connectivity index (χ1v) is 7.00. The Labute approximate surface area is 109 Å². The molecular weight excluding hydrogens is 230 g/mol. The molecule has 5 heteroatoms. The van der Waals surface area contributed by atoms with Crippen molar-refractivity contribution < 1.29 is 9.53 Å². The van der Waals surface area contributed by atoms with E-state index in [4.69, 9.17) is 4.74 Å². The van der Waals surface area contributed by atoms with Crippen LogP contribution in [-0.2, 0) is 9.53 Å². The van der Waals surface area contributed by atoms with Gasteiger partial charge in [-0.15, -0.1) is 0 Å². The van der Waals surface area contributed by atoms with E-state index in [1.165, 1.54) is 0 Å². The third-order valence-electron chi connectivity index (χ3n) is 3.82. The fourth-order valence-electron chi connectivity index (χ4n) is 2.58. The molecule has 2 aliphatic heterocycles. The summed E-state index contributed by atoms with van der Waals surface area (Å²) in [5.74, 6) is 0.265. The maximum Gasteiger partial charge on any atom is 0.224 e. The highest BCUT2D eigenvalue weighted by molar-refractivity contribution is 5.77. The highest BCUT2D eigenvalue weighted by atomic mass is 16.5. The standard InChI is InChI=1S/C13H25N3O2/c1-11(2)15-4-6-16(7-5-15)13(17)9-12-10-18-8-3-14-12/h11-12,14H,3-10H2,1-2H3. The lowest BCUT2D eigenvalue weighted by atomic mass is 10.1. The third kappa shape index (κ3) is 3.67. The lowest BCUT2D eigenvalue weighted by Gasteiger charge is -2.37. The van der Waals surface area contributed by atoms with E-state index in [2.05, 4.69) is 24.1 Å². The number of carbonyl (C=O) groups excluding carboxylic acids is 1. The van der Waals surface area contributed by atoms with Crippen LogP contribution >= 0.6 is 0 Å². The van der Waals surface area contributed by atoms with Crippen molar-refractivity contribution in [2.45, 2.75) is 32.4 Å². The number of rotatable bonds is 3. The summed E-state index contributed by atoms with van der Waals surface area (Å²) in [6.07, 6.45) is 0.571. The molecule has 18 heavy (non-hydrogen) atoms. The number of piperazine rings is 1. The zero-order valence-electron chi connectivity index (χ0n) is 11.5. The number of hydrogen-bond acceptors (Lipinski definition) is 4. The Morgan fingerprint density at radius 1 is 1.33 bits per heavy atom. The molecule has 0 spiro atoms. The van der Waals surface area contributed by atoms with E-state index in [0.29, 0.717) is 19.1 Å². The molecule has 0 aliphatic carbocycles. The molecule has 5 nitrogen and oxygen atoms in total. The Morgan fingerprint density at radius 2 is 2.06 bits per heavy atom. The molecule has 2 saturated heterocycles. The first kappa shape index (κ1) is 13.8. The molecule has 2 fully saturated rings. The van der Waals surface area contributed by atoms with Crippen LogP contribution < -0.4 is 5.32 Å². The minimum Gasteiger partial charge on any atom is -0.378 e. The molecule has 1 unspecified atom stereocenters. The fraction of sp³-hybridized carbons (Fsp3) is 0.923. The predicted molar refractivity (Wildman–Crippen MR) is 70.5 cm³/mol. The van der Waals surface area contributed by atoms with E-state index in [0.717, 1.165) is 39.3 Å². The monoisotopic (exact) mass is 255 g/mol. The van der Waals surface area contributed by atoms with Crippen molar-refractivity contribution in [1.82, 2.24) is 15.1 Å². The van der Waals surface area contributed by atoms with Crippen molar-refractivity contribution >= 4 is 5.91 Å². The van der Waals surface area contributed by atoms with Crippen LogP contribution in [-0.4, -0.2) is 73.7 Å². The number of morpholine rings is 1. The summed E-state index contributed by atoms with van der Waals surface area (Å²) in [6.45, 7) is 10.4. The van der Waals surface area contributed by atoms with Crippen molar-refractivity contribution in [1.29, 1.82) is 0 Å². The summed E-state index contributed by atoms with van der Waals surface area (Å²) in [6, 6.07) is 0.782. The van der Waals surface area contributed by atoms with Gasteiger partial charge in [0, 0.05) is 51.2 Å². The number of carbonyl (C=O) groups is 1. The van der Waals surface area contributed by atoms with Crippen molar-refractivity contribution in [3.63, 3.8) is 0 Å². The van der Waals surface area contributed by atoms with Gasteiger partial charge >= 0.3 is 0 Å². The molecule has 0 radical (unpaired) electrons. The molecular formula is C13H25N3O2. The average Bonchev–Trinajstić information content (AvgIpc) is 2.40. The SMILES string of the molecule is CC(C)N1CCN(C(=O)CC2COCCN2)CC1. The van der Waals surface area contributed by atoms with Gasteiger partial charge in [0.15, 0.2) is 0 Å². The Kier molecular flexibility index (Phi) is 4.97. The molecule has 1 N–H and O–H groups in total. The lowest BCUT2D eigenvalue weighted by molar-refractivity contribution is -0.134. The minimum atomic E-state index is 0.203. The maximum atomic E-state index is 12.2. The molecule has 0 bridgehead atoms. The number of hydrogen-bond donors (Lipinski definition) is 1. The van der Waals surface area contributed by atoms with Crippen LogP contribution in [0, 0.1) is 0 Å². The van der Waals surface area contributed by atoms with Gasteiger partial charge in [-0.1, -0.05) is 0 Å². The molecule has 104 valence electrons. The average molecular weight is 255 g/mol. The lowest BCUT2D eigenvalue weighted by Crippen LogP contribution is -2.52. The third-order valence-corrected chi connectivity index (χ3v) is 3.82. The first-order chi connectivity index (χ1) is 8.66. The smallest absolute Gasteiger partial charge is 0.224 e. The van der Waals surface area contributed by atoms with E-state index in [-0.39, 0.29) is 11.9 Å². The predicted octanol–water partition coefficient (Wildman–Crippen LogP) is -0.0825. The maximum absolute atomic E-state index is 12.2. The molecule has 1 atom stereocenters. The number of amides is 1. The quantitative estimate of drug-likeness (QED) is 0.766. The van der Waals surface area contributed by atoms with Gasteiger partial charge in [0.1, 0.15) is 0 Å². The Morgan fingerprint density at radius 3 is 2.61 bits per heavy atom. The van der Waals surface area contributed by atoms with Crippen molar-refractivity contribution in [2.24, 2.45) is 0 Å². The molecule has 2 heterocycles. The molecule has 1 amide bonds. The number of nitrogens with one attached hydrogen (secondary N) is 1. The molecule has 0 aromatic rings. The van der Waals surface area contributed by atoms with E-state index < -0.39 is 0 Å². The fourth-order valence-corrected chi connectivity index (χ4v) is 2.58. The van der Waals surface area contributed by atoms with E-state index >= 15 is 0 Å². The van der Waals surface area contributed by atoms with Gasteiger partial charge in [-0.25, -0.2) is 0 Å². The van der Waals surface area contributed by atoms with Crippen molar-refractivity contribution in [2.75, 3.05) is 45.9 Å². The summed E-state index contributed by atoms with van der Waals surface area (Å²) in [7, 11) is 0. The topological polar surface area (TPSA) is 44.8 Å². The molecule has 2 aliphatic rings. The van der Waals surface area contributed by atoms with Crippen LogP contribution in [0.3, 0.4) is 0 Å². The summed E-state index contributed by atoms with van der Waals surface area (Å²) >= 11 is 0. The van der Waals surface area contributed by atoms with Gasteiger partial charge in [-0.05, 0) is 13.8 Å². The van der Waals surface area contributed by atoms with Crippen LogP contribution in [0.4, 0.5) is 0 Å². The minimum absolute atomic E-state index is 0.203. The van der Waals surface area contributed by atoms with Crippen LogP contribution in [0.25, 0.3) is 0 Å². The molecule has 2 rings (SSSR count). The number of nitrogens with zero attached hydrogens (tertiary/aromatic N) is 2. The zero-order valence-corrected chi connectivity index (χ0v) is 11.5. The van der Waals surface area contributed by atoms with Gasteiger partial charge in [-0.3, -0.25) is 9.69 Å². The summed E-state index contributed by atoms with van der Waals surface area (Å²) < 4.78 is 5.38. The summed E-state index contributed by atoms with van der Waals surface area (Å²) in [4.78, 5) is 16.6. The van der Waals surface area contributed by atoms with Crippen LogP contribution in [0.1, 0.15) is 20.3 Å². The van der Waals surface area contributed by atoms with Gasteiger partial charge in [0.2, 0.25) is 5.91 Å². The van der Waals surface area contributed by atoms with Crippen molar-refractivity contribution in [3.05, 3.63) is 0 Å².